The molecule has 25 heavy (non-hydrogen) atoms. The lowest BCUT2D eigenvalue weighted by atomic mass is 10.1. The van der Waals surface area contributed by atoms with Crippen LogP contribution >= 0.6 is 0 Å². The minimum Gasteiger partial charge on any atom is -0.474 e. The first-order chi connectivity index (χ1) is 11.9. The predicted octanol–water partition coefficient (Wildman–Crippen LogP) is 3.86. The quantitative estimate of drug-likeness (QED) is 0.719. The lowest BCUT2D eigenvalue weighted by Gasteiger charge is -2.16. The number of para-hydroxylation sites is 1. The highest BCUT2D eigenvalue weighted by molar-refractivity contribution is 5.79. The summed E-state index contributed by atoms with van der Waals surface area (Å²) in [5, 5.41) is 4.48. The summed E-state index contributed by atoms with van der Waals surface area (Å²) in [6, 6.07) is 12.0. The van der Waals surface area contributed by atoms with Crippen LogP contribution in [0.25, 0.3) is 10.9 Å². The third-order valence-electron chi connectivity index (χ3n) is 3.76. The Bertz CT molecular complexity index is 964. The summed E-state index contributed by atoms with van der Waals surface area (Å²) in [5.41, 5.74) is -0.581. The van der Waals surface area contributed by atoms with Crippen LogP contribution in [0, 0.1) is 0 Å². The molecule has 0 aliphatic heterocycles. The first-order valence-corrected chi connectivity index (χ1v) is 7.69. The summed E-state index contributed by atoms with van der Waals surface area (Å²) >= 11 is 0. The Morgan fingerprint density at radius 3 is 2.48 bits per heavy atom. The van der Waals surface area contributed by atoms with Gasteiger partial charge in [-0.15, -0.1) is 5.10 Å². The van der Waals surface area contributed by atoms with Crippen molar-refractivity contribution in [3.63, 3.8) is 0 Å². The molecule has 0 unspecified atom stereocenters. The second-order valence-corrected chi connectivity index (χ2v) is 5.40. The van der Waals surface area contributed by atoms with Crippen molar-refractivity contribution < 1.29 is 17.9 Å². The van der Waals surface area contributed by atoms with Gasteiger partial charge in [0.05, 0.1) is 29.6 Å². The van der Waals surface area contributed by atoms with Crippen molar-refractivity contribution in [1.82, 2.24) is 9.78 Å². The predicted molar refractivity (Wildman–Crippen MR) is 87.7 cm³/mol. The van der Waals surface area contributed by atoms with Gasteiger partial charge >= 0.3 is 6.18 Å². The number of hydrogen-bond acceptors (Lipinski definition) is 3. The number of aromatic nitrogens is 2. The maximum absolute atomic E-state index is 13.2. The fraction of sp³-hybridized carbons (Fsp3) is 0.222. The second kappa shape index (κ2) is 6.58. The second-order valence-electron chi connectivity index (χ2n) is 5.40. The van der Waals surface area contributed by atoms with E-state index in [1.54, 1.807) is 37.3 Å². The van der Waals surface area contributed by atoms with Gasteiger partial charge in [-0.1, -0.05) is 30.3 Å². The summed E-state index contributed by atoms with van der Waals surface area (Å²) in [4.78, 5) is 12.4. The van der Waals surface area contributed by atoms with Gasteiger partial charge in [-0.3, -0.25) is 9.48 Å². The van der Waals surface area contributed by atoms with Gasteiger partial charge in [0.2, 0.25) is 0 Å². The van der Waals surface area contributed by atoms with Gasteiger partial charge in [0.15, 0.2) is 0 Å². The van der Waals surface area contributed by atoms with Gasteiger partial charge in [0.25, 0.3) is 11.3 Å². The zero-order valence-corrected chi connectivity index (χ0v) is 13.4. The molecule has 0 saturated heterocycles. The van der Waals surface area contributed by atoms with Crippen molar-refractivity contribution in [2.45, 2.75) is 19.6 Å². The molecule has 0 aliphatic carbocycles. The lowest BCUT2D eigenvalue weighted by Crippen LogP contribution is -2.19. The molecule has 0 spiro atoms. The van der Waals surface area contributed by atoms with Gasteiger partial charge < -0.3 is 4.74 Å². The molecule has 4 nitrogen and oxygen atoms in total. The average molecular weight is 348 g/mol. The monoisotopic (exact) mass is 348 g/mol. The Kier molecular flexibility index (Phi) is 4.48. The van der Waals surface area contributed by atoms with Crippen LogP contribution < -0.4 is 10.2 Å². The Hall–Kier alpha value is -2.83. The molecule has 3 aromatic rings. The molecule has 3 rings (SSSR count). The zero-order chi connectivity index (χ0) is 18.0. The van der Waals surface area contributed by atoms with E-state index >= 15 is 0 Å². The number of nitrogens with zero attached hydrogens (tertiary/aromatic N) is 2. The van der Waals surface area contributed by atoms with Crippen molar-refractivity contribution in [2.24, 2.45) is 0 Å². The van der Waals surface area contributed by atoms with Crippen LogP contribution in [0.15, 0.2) is 53.3 Å². The lowest BCUT2D eigenvalue weighted by molar-refractivity contribution is -0.138. The fourth-order valence-electron chi connectivity index (χ4n) is 2.66. The molecule has 0 aliphatic rings. The highest BCUT2D eigenvalue weighted by Gasteiger charge is 2.33. The molecular weight excluding hydrogens is 333 g/mol. The van der Waals surface area contributed by atoms with Crippen molar-refractivity contribution in [1.29, 1.82) is 0 Å². The van der Waals surface area contributed by atoms with Crippen LogP contribution in [0.5, 0.6) is 5.88 Å². The van der Waals surface area contributed by atoms with E-state index in [9.17, 15) is 18.0 Å². The maximum atomic E-state index is 13.2. The number of fused-ring (bicyclic) bond motifs is 1. The minimum absolute atomic E-state index is 0.0683. The van der Waals surface area contributed by atoms with Crippen LogP contribution in [0.1, 0.15) is 18.1 Å². The van der Waals surface area contributed by atoms with Crippen LogP contribution in [0.4, 0.5) is 13.2 Å². The summed E-state index contributed by atoms with van der Waals surface area (Å²) in [7, 11) is 0. The van der Waals surface area contributed by atoms with Crippen LogP contribution in [-0.2, 0) is 12.7 Å². The van der Waals surface area contributed by atoms with E-state index in [0.717, 1.165) is 6.07 Å². The van der Waals surface area contributed by atoms with Crippen molar-refractivity contribution >= 4 is 10.9 Å². The van der Waals surface area contributed by atoms with E-state index in [1.807, 2.05) is 0 Å². The van der Waals surface area contributed by atoms with Crippen LogP contribution in [0.3, 0.4) is 0 Å². The van der Waals surface area contributed by atoms with E-state index in [4.69, 9.17) is 4.74 Å². The first-order valence-electron chi connectivity index (χ1n) is 7.69. The number of halogens is 3. The molecule has 0 radical (unpaired) electrons. The third-order valence-corrected chi connectivity index (χ3v) is 3.76. The molecule has 0 atom stereocenters. The normalized spacial score (nSPS) is 11.7. The van der Waals surface area contributed by atoms with Gasteiger partial charge in [0.1, 0.15) is 0 Å². The zero-order valence-electron chi connectivity index (χ0n) is 13.4. The Morgan fingerprint density at radius 1 is 1.08 bits per heavy atom. The van der Waals surface area contributed by atoms with Crippen LogP contribution in [0.2, 0.25) is 0 Å². The van der Waals surface area contributed by atoms with Gasteiger partial charge in [-0.05, 0) is 30.7 Å². The number of rotatable bonds is 4. The largest absolute Gasteiger partial charge is 0.474 e. The standard InChI is InChI=1S/C18H15F3N2O2/c1-2-25-17-16(24)13-8-4-6-10-15(13)23(22-17)11-12-7-3-5-9-14(12)18(19,20)21/h3-10H,2,11H2,1H3. The molecule has 1 heterocycles. The van der Waals surface area contributed by atoms with Gasteiger partial charge in [-0.25, -0.2) is 0 Å². The molecule has 0 saturated carbocycles. The third kappa shape index (κ3) is 3.35. The van der Waals surface area contributed by atoms with E-state index in [-0.39, 0.29) is 30.0 Å². The first kappa shape index (κ1) is 17.0. The molecule has 7 heteroatoms. The van der Waals surface area contributed by atoms with Gasteiger partial charge in [-0.2, -0.15) is 13.2 Å². The summed E-state index contributed by atoms with van der Waals surface area (Å²) < 4.78 is 46.3. The van der Waals surface area contributed by atoms with Crippen molar-refractivity contribution in [2.75, 3.05) is 6.61 Å². The molecule has 0 bridgehead atoms. The van der Waals surface area contributed by atoms with Crippen molar-refractivity contribution in [3.8, 4) is 5.88 Å². The molecular formula is C18H15F3N2O2. The Balaban J connectivity index is 2.17. The van der Waals surface area contributed by atoms with Gasteiger partial charge in [0, 0.05) is 0 Å². The average Bonchev–Trinajstić information content (AvgIpc) is 2.59. The minimum atomic E-state index is -4.46. The topological polar surface area (TPSA) is 44.1 Å². The smallest absolute Gasteiger partial charge is 0.416 e. The molecule has 0 N–H and O–H groups in total. The highest BCUT2D eigenvalue weighted by atomic mass is 19.4. The summed E-state index contributed by atoms with van der Waals surface area (Å²) in [6.07, 6.45) is -4.46. The number of ether oxygens (including phenoxy) is 1. The van der Waals surface area contributed by atoms with E-state index in [2.05, 4.69) is 5.10 Å². The summed E-state index contributed by atoms with van der Waals surface area (Å²) in [5.74, 6) is -0.120. The van der Waals surface area contributed by atoms with E-state index in [1.165, 1.54) is 16.8 Å². The van der Waals surface area contributed by atoms with E-state index < -0.39 is 11.7 Å². The molecule has 2 aromatic carbocycles. The fourth-order valence-corrected chi connectivity index (χ4v) is 2.66. The number of benzene rings is 2. The Morgan fingerprint density at radius 2 is 1.76 bits per heavy atom. The summed E-state index contributed by atoms with van der Waals surface area (Å²) in [6.45, 7) is 1.82. The van der Waals surface area contributed by atoms with Crippen molar-refractivity contribution in [3.05, 3.63) is 69.9 Å². The van der Waals surface area contributed by atoms with E-state index in [0.29, 0.717) is 10.9 Å². The molecule has 1 aromatic heterocycles. The van der Waals surface area contributed by atoms with Crippen LogP contribution in [-0.4, -0.2) is 16.4 Å². The number of hydrogen-bond donors (Lipinski definition) is 0. The highest BCUT2D eigenvalue weighted by Crippen LogP contribution is 2.32. The molecule has 0 fully saturated rings. The maximum Gasteiger partial charge on any atom is 0.416 e. The Labute approximate surface area is 141 Å². The SMILES string of the molecule is CCOc1nn(Cc2ccccc2C(F)(F)F)c2ccccc2c1=O. The number of alkyl halides is 3. The molecule has 0 amide bonds. The molecule has 130 valence electrons.